The van der Waals surface area contributed by atoms with Crippen LogP contribution in [-0.4, -0.2) is 43.2 Å². The number of methoxy groups -OCH3 is 1. The van der Waals surface area contributed by atoms with Crippen LogP contribution >= 0.6 is 0 Å². The van der Waals surface area contributed by atoms with Crippen LogP contribution in [0.1, 0.15) is 39.5 Å². The Kier molecular flexibility index (Phi) is 5.92. The number of amides is 1. The predicted octanol–water partition coefficient (Wildman–Crippen LogP) is 1.39. The van der Waals surface area contributed by atoms with Crippen molar-refractivity contribution < 1.29 is 9.53 Å². The van der Waals surface area contributed by atoms with Gasteiger partial charge in [-0.2, -0.15) is 0 Å². The molecule has 1 heterocycles. The zero-order valence-electron chi connectivity index (χ0n) is 11.3. The summed E-state index contributed by atoms with van der Waals surface area (Å²) in [6.07, 6.45) is 4.04. The number of hydrogen-bond acceptors (Lipinski definition) is 3. The molecule has 0 saturated carbocycles. The Labute approximate surface area is 104 Å². The van der Waals surface area contributed by atoms with Crippen molar-refractivity contribution in [3.63, 3.8) is 0 Å². The highest BCUT2D eigenvalue weighted by Crippen LogP contribution is 2.22. The molecule has 100 valence electrons. The Morgan fingerprint density at radius 1 is 1.59 bits per heavy atom. The van der Waals surface area contributed by atoms with Gasteiger partial charge in [-0.1, -0.05) is 6.92 Å². The first-order valence-electron chi connectivity index (χ1n) is 6.63. The summed E-state index contributed by atoms with van der Waals surface area (Å²) in [5, 5.41) is 0. The first kappa shape index (κ1) is 14.5. The van der Waals surface area contributed by atoms with E-state index in [1.54, 1.807) is 7.11 Å². The molecule has 17 heavy (non-hydrogen) atoms. The third-order valence-corrected chi connectivity index (χ3v) is 3.71. The van der Waals surface area contributed by atoms with E-state index < -0.39 is 0 Å². The topological polar surface area (TPSA) is 55.6 Å². The minimum absolute atomic E-state index is 0.0973. The van der Waals surface area contributed by atoms with Gasteiger partial charge in [-0.3, -0.25) is 4.79 Å². The second-order valence-corrected chi connectivity index (χ2v) is 5.09. The summed E-state index contributed by atoms with van der Waals surface area (Å²) in [6.45, 7) is 5.61. The number of hydrogen-bond donors (Lipinski definition) is 1. The highest BCUT2D eigenvalue weighted by atomic mass is 16.5. The van der Waals surface area contributed by atoms with Crippen LogP contribution in [0.25, 0.3) is 0 Å². The average Bonchev–Trinajstić information content (AvgIpc) is 2.34. The van der Waals surface area contributed by atoms with E-state index in [1.165, 1.54) is 0 Å². The third kappa shape index (κ3) is 3.96. The van der Waals surface area contributed by atoms with Crippen LogP contribution in [0.4, 0.5) is 0 Å². The van der Waals surface area contributed by atoms with Crippen molar-refractivity contribution in [2.45, 2.75) is 51.7 Å². The summed E-state index contributed by atoms with van der Waals surface area (Å²) < 4.78 is 5.36. The van der Waals surface area contributed by atoms with E-state index in [-0.39, 0.29) is 11.8 Å². The summed E-state index contributed by atoms with van der Waals surface area (Å²) in [4.78, 5) is 14.3. The minimum atomic E-state index is 0.0973. The smallest absolute Gasteiger partial charge is 0.225 e. The molecule has 0 aromatic rings. The molecule has 0 aliphatic carbocycles. The number of carbonyl (C=O) groups is 1. The summed E-state index contributed by atoms with van der Waals surface area (Å²) >= 11 is 0. The number of ether oxygens (including phenoxy) is 1. The standard InChI is InChI=1S/C13H26N2O2/c1-10(5-4-7-14)13(16)15-8-6-12(17-3)9-11(15)2/h10-12H,4-9,14H2,1-3H3. The van der Waals surface area contributed by atoms with Crippen LogP contribution in [0.15, 0.2) is 0 Å². The largest absolute Gasteiger partial charge is 0.381 e. The number of likely N-dealkylation sites (tertiary alicyclic amines) is 1. The monoisotopic (exact) mass is 242 g/mol. The Bertz CT molecular complexity index is 246. The number of carbonyl (C=O) groups excluding carboxylic acids is 1. The van der Waals surface area contributed by atoms with Crippen molar-refractivity contribution in [3.8, 4) is 0 Å². The van der Waals surface area contributed by atoms with Crippen LogP contribution in [0.2, 0.25) is 0 Å². The van der Waals surface area contributed by atoms with Crippen molar-refractivity contribution in [2.75, 3.05) is 20.2 Å². The van der Waals surface area contributed by atoms with Gasteiger partial charge in [0.05, 0.1) is 6.10 Å². The van der Waals surface area contributed by atoms with E-state index in [1.807, 2.05) is 11.8 Å². The third-order valence-electron chi connectivity index (χ3n) is 3.71. The fourth-order valence-electron chi connectivity index (χ4n) is 2.50. The zero-order chi connectivity index (χ0) is 12.8. The van der Waals surface area contributed by atoms with Gasteiger partial charge in [-0.25, -0.2) is 0 Å². The van der Waals surface area contributed by atoms with E-state index in [0.29, 0.717) is 18.7 Å². The molecule has 2 N–H and O–H groups in total. The number of nitrogens with zero attached hydrogens (tertiary/aromatic N) is 1. The molecule has 0 radical (unpaired) electrons. The van der Waals surface area contributed by atoms with Crippen LogP contribution < -0.4 is 5.73 Å². The van der Waals surface area contributed by atoms with Crippen LogP contribution in [-0.2, 0) is 9.53 Å². The maximum Gasteiger partial charge on any atom is 0.225 e. The Morgan fingerprint density at radius 2 is 2.29 bits per heavy atom. The summed E-state index contributed by atoms with van der Waals surface area (Å²) in [5.41, 5.74) is 5.48. The van der Waals surface area contributed by atoms with Gasteiger partial charge in [0, 0.05) is 25.6 Å². The van der Waals surface area contributed by atoms with E-state index in [4.69, 9.17) is 10.5 Å². The normalized spacial score (nSPS) is 26.9. The molecule has 1 fully saturated rings. The van der Waals surface area contributed by atoms with Crippen molar-refractivity contribution in [1.29, 1.82) is 0 Å². The van der Waals surface area contributed by atoms with Gasteiger partial charge in [0.15, 0.2) is 0 Å². The van der Waals surface area contributed by atoms with Gasteiger partial charge in [0.25, 0.3) is 0 Å². The molecule has 1 rings (SSSR count). The van der Waals surface area contributed by atoms with Crippen molar-refractivity contribution in [1.82, 2.24) is 4.90 Å². The summed E-state index contributed by atoms with van der Waals surface area (Å²) in [7, 11) is 1.75. The van der Waals surface area contributed by atoms with Gasteiger partial charge >= 0.3 is 0 Å². The van der Waals surface area contributed by atoms with Gasteiger partial charge in [-0.15, -0.1) is 0 Å². The van der Waals surface area contributed by atoms with E-state index in [9.17, 15) is 4.79 Å². The molecule has 0 spiro atoms. The second-order valence-electron chi connectivity index (χ2n) is 5.09. The maximum absolute atomic E-state index is 12.3. The van der Waals surface area contributed by atoms with Gasteiger partial charge in [0.2, 0.25) is 5.91 Å². The molecule has 4 nitrogen and oxygen atoms in total. The quantitative estimate of drug-likeness (QED) is 0.792. The van der Waals surface area contributed by atoms with Crippen molar-refractivity contribution in [3.05, 3.63) is 0 Å². The molecule has 1 aliphatic rings. The zero-order valence-corrected chi connectivity index (χ0v) is 11.3. The van der Waals surface area contributed by atoms with Crippen molar-refractivity contribution >= 4 is 5.91 Å². The number of nitrogens with two attached hydrogens (primary N) is 1. The molecule has 3 atom stereocenters. The SMILES string of the molecule is COC1CCN(C(=O)C(C)CCCN)C(C)C1. The molecule has 3 unspecified atom stereocenters. The van der Waals surface area contributed by atoms with Gasteiger partial charge < -0.3 is 15.4 Å². The van der Waals surface area contributed by atoms with Crippen LogP contribution in [0, 0.1) is 5.92 Å². The number of rotatable bonds is 5. The van der Waals surface area contributed by atoms with Crippen LogP contribution in [0.3, 0.4) is 0 Å². The lowest BCUT2D eigenvalue weighted by Gasteiger charge is -2.38. The second kappa shape index (κ2) is 6.97. The first-order valence-corrected chi connectivity index (χ1v) is 6.63. The molecule has 0 bridgehead atoms. The fourth-order valence-corrected chi connectivity index (χ4v) is 2.50. The van der Waals surface area contributed by atoms with Crippen molar-refractivity contribution in [2.24, 2.45) is 11.7 Å². The molecule has 4 heteroatoms. The van der Waals surface area contributed by atoms with E-state index in [0.717, 1.165) is 32.2 Å². The Balaban J connectivity index is 2.46. The maximum atomic E-state index is 12.3. The molecule has 0 aromatic heterocycles. The van der Waals surface area contributed by atoms with Gasteiger partial charge in [0.1, 0.15) is 0 Å². The lowest BCUT2D eigenvalue weighted by Crippen LogP contribution is -2.48. The molecule has 1 saturated heterocycles. The predicted molar refractivity (Wildman–Crippen MR) is 68.7 cm³/mol. The summed E-state index contributed by atoms with van der Waals surface area (Å²) in [5.74, 6) is 0.376. The fraction of sp³-hybridized carbons (Fsp3) is 0.923. The first-order chi connectivity index (χ1) is 8.10. The molecule has 0 aromatic carbocycles. The lowest BCUT2D eigenvalue weighted by molar-refractivity contribution is -0.140. The van der Waals surface area contributed by atoms with Crippen LogP contribution in [0.5, 0.6) is 0 Å². The molecular weight excluding hydrogens is 216 g/mol. The Morgan fingerprint density at radius 3 is 2.82 bits per heavy atom. The highest BCUT2D eigenvalue weighted by molar-refractivity contribution is 5.78. The number of piperidine rings is 1. The highest BCUT2D eigenvalue weighted by Gasteiger charge is 2.30. The summed E-state index contributed by atoms with van der Waals surface area (Å²) in [6, 6.07) is 0.293. The lowest BCUT2D eigenvalue weighted by atomic mass is 9.97. The van der Waals surface area contributed by atoms with E-state index in [2.05, 4.69) is 6.92 Å². The average molecular weight is 242 g/mol. The van der Waals surface area contributed by atoms with E-state index >= 15 is 0 Å². The molecular formula is C13H26N2O2. The molecule has 1 amide bonds. The Hall–Kier alpha value is -0.610. The minimum Gasteiger partial charge on any atom is -0.381 e. The molecule has 1 aliphatic heterocycles. The van der Waals surface area contributed by atoms with Gasteiger partial charge in [-0.05, 0) is 39.2 Å².